The lowest BCUT2D eigenvalue weighted by Gasteiger charge is -1.90. The van der Waals surface area contributed by atoms with Crippen molar-refractivity contribution in [3.05, 3.63) is 0 Å². The van der Waals surface area contributed by atoms with E-state index in [2.05, 4.69) is 0 Å². The van der Waals surface area contributed by atoms with Crippen molar-refractivity contribution >= 4 is 62.6 Å². The number of carbonyl (C=O) groups is 1. The van der Waals surface area contributed by atoms with Gasteiger partial charge < -0.3 is 0 Å². The van der Waals surface area contributed by atoms with Crippen LogP contribution in [0.3, 0.4) is 0 Å². The fraction of sp³-hybridized carbons (Fsp3) is 0.667. The van der Waals surface area contributed by atoms with Gasteiger partial charge >= 0.3 is 0 Å². The molecule has 0 amide bonds. The van der Waals surface area contributed by atoms with Crippen molar-refractivity contribution in [2.45, 2.75) is 1.93 Å². The third kappa shape index (κ3) is 3.96. The van der Waals surface area contributed by atoms with Gasteiger partial charge in [0.15, 0.2) is 5.78 Å². The minimum Gasteiger partial charge on any atom is -0.296 e. The van der Waals surface area contributed by atoms with Crippen LogP contribution in [-0.2, 0) is 4.79 Å². The van der Waals surface area contributed by atoms with Crippen molar-refractivity contribution in [1.29, 1.82) is 0 Å². The van der Waals surface area contributed by atoms with E-state index in [9.17, 15) is 4.79 Å². The first-order chi connectivity index (χ1) is 3.18. The van der Waals surface area contributed by atoms with Crippen LogP contribution in [0.2, 0.25) is 0 Å². The molecule has 0 N–H and O–H groups in total. The summed E-state index contributed by atoms with van der Waals surface area (Å²) in [5.41, 5.74) is 0. The first-order valence-electron chi connectivity index (χ1n) is 1.55. The predicted octanol–water partition coefficient (Wildman–Crippen LogP) is 1.99. The molecular formula is C3H3ClI2O. The molecule has 0 aliphatic carbocycles. The monoisotopic (exact) mass is 344 g/mol. The highest BCUT2D eigenvalue weighted by Crippen LogP contribution is 2.10. The fourth-order valence-electron chi connectivity index (χ4n) is 0.0583. The van der Waals surface area contributed by atoms with Crippen molar-refractivity contribution in [3.63, 3.8) is 0 Å². The molecule has 0 atom stereocenters. The van der Waals surface area contributed by atoms with Gasteiger partial charge in [0.05, 0.1) is 5.88 Å². The zero-order valence-corrected chi connectivity index (χ0v) is 8.40. The van der Waals surface area contributed by atoms with E-state index in [1.54, 1.807) is 0 Å². The normalized spacial score (nSPS) is 9.71. The Morgan fingerprint density at radius 3 is 2.14 bits per heavy atom. The summed E-state index contributed by atoms with van der Waals surface area (Å²) in [6, 6.07) is 0. The smallest absolute Gasteiger partial charge is 0.170 e. The average molecular weight is 344 g/mol. The van der Waals surface area contributed by atoms with Crippen LogP contribution in [0.5, 0.6) is 0 Å². The predicted molar refractivity (Wildman–Crippen MR) is 47.6 cm³/mol. The molecule has 0 aliphatic heterocycles. The van der Waals surface area contributed by atoms with E-state index < -0.39 is 0 Å². The van der Waals surface area contributed by atoms with E-state index in [0.29, 0.717) is 0 Å². The molecule has 0 bridgehead atoms. The topological polar surface area (TPSA) is 17.1 Å². The van der Waals surface area contributed by atoms with Gasteiger partial charge in [0.25, 0.3) is 0 Å². The van der Waals surface area contributed by atoms with Crippen LogP contribution in [-0.4, -0.2) is 13.6 Å². The molecule has 0 radical (unpaired) electrons. The number of ketones is 1. The first kappa shape index (κ1) is 8.42. The molecule has 7 heavy (non-hydrogen) atoms. The van der Waals surface area contributed by atoms with Crippen molar-refractivity contribution in [3.8, 4) is 0 Å². The van der Waals surface area contributed by atoms with Crippen molar-refractivity contribution < 1.29 is 4.79 Å². The molecule has 42 valence electrons. The molecule has 0 heterocycles. The molecule has 0 saturated carbocycles. The average Bonchev–Trinajstić information content (AvgIpc) is 1.65. The molecule has 1 nitrogen and oxygen atoms in total. The number of Topliss-reactive ketones (excluding diaryl/α,β-unsaturated/α-hetero) is 1. The number of hydrogen-bond donors (Lipinski definition) is 0. The third-order valence-electron chi connectivity index (χ3n) is 0.375. The van der Waals surface area contributed by atoms with E-state index >= 15 is 0 Å². The van der Waals surface area contributed by atoms with Gasteiger partial charge in [-0.15, -0.1) is 11.6 Å². The minimum absolute atomic E-state index is 0.0349. The third-order valence-corrected chi connectivity index (χ3v) is 2.03. The van der Waals surface area contributed by atoms with Crippen molar-refractivity contribution in [2.24, 2.45) is 0 Å². The van der Waals surface area contributed by atoms with Crippen LogP contribution in [0.15, 0.2) is 0 Å². The van der Waals surface area contributed by atoms with Crippen LogP contribution < -0.4 is 0 Å². The molecule has 0 aromatic rings. The van der Waals surface area contributed by atoms with Crippen molar-refractivity contribution in [2.75, 3.05) is 5.88 Å². The van der Waals surface area contributed by atoms with Gasteiger partial charge in [-0.2, -0.15) is 0 Å². The Bertz CT molecular complexity index is 73.3. The standard InChI is InChI=1S/C3H3ClI2O/c4-1-2(7)3(5)6/h3H,1H2. The maximum atomic E-state index is 10.4. The van der Waals surface area contributed by atoms with E-state index in [0.717, 1.165) is 0 Å². The molecule has 0 aliphatic rings. The van der Waals surface area contributed by atoms with Gasteiger partial charge in [0.2, 0.25) is 0 Å². The Hall–Kier alpha value is 1.42. The summed E-state index contributed by atoms with van der Waals surface area (Å²) in [7, 11) is 0. The van der Waals surface area contributed by atoms with Gasteiger partial charge in [-0.05, 0) is 0 Å². The van der Waals surface area contributed by atoms with Gasteiger partial charge in [-0.1, -0.05) is 45.2 Å². The SMILES string of the molecule is O=C(CCl)C(I)I. The number of hydrogen-bond acceptors (Lipinski definition) is 1. The summed E-state index contributed by atoms with van der Waals surface area (Å²) in [5, 5.41) is 0. The second-order valence-corrected chi connectivity index (χ2v) is 6.04. The summed E-state index contributed by atoms with van der Waals surface area (Å²) in [6.07, 6.45) is 0. The summed E-state index contributed by atoms with van der Waals surface area (Å²) in [6.45, 7) is 0. The highest BCUT2D eigenvalue weighted by Gasteiger charge is 2.06. The lowest BCUT2D eigenvalue weighted by Crippen LogP contribution is -2.06. The summed E-state index contributed by atoms with van der Waals surface area (Å²) in [5.74, 6) is 0.221. The van der Waals surface area contributed by atoms with E-state index in [4.69, 9.17) is 11.6 Å². The zero-order chi connectivity index (χ0) is 5.86. The molecule has 0 aromatic heterocycles. The highest BCUT2D eigenvalue weighted by atomic mass is 127. The Morgan fingerprint density at radius 1 is 1.71 bits per heavy atom. The van der Waals surface area contributed by atoms with Gasteiger partial charge in [0, 0.05) is 0 Å². The number of carbonyl (C=O) groups excluding carboxylic acids is 1. The van der Waals surface area contributed by atoms with E-state index in [1.807, 2.05) is 45.2 Å². The van der Waals surface area contributed by atoms with Crippen LogP contribution in [0.25, 0.3) is 0 Å². The molecule has 0 spiro atoms. The number of halogens is 3. The van der Waals surface area contributed by atoms with E-state index in [1.165, 1.54) is 0 Å². The number of alkyl halides is 3. The Balaban J connectivity index is 3.35. The van der Waals surface area contributed by atoms with Crippen LogP contribution in [0.1, 0.15) is 0 Å². The molecule has 0 aromatic carbocycles. The summed E-state index contributed by atoms with van der Waals surface area (Å²) < 4.78 is 0.0349. The lowest BCUT2D eigenvalue weighted by molar-refractivity contribution is -0.114. The summed E-state index contributed by atoms with van der Waals surface area (Å²) in [4.78, 5) is 10.4. The van der Waals surface area contributed by atoms with E-state index in [-0.39, 0.29) is 13.6 Å². The fourth-order valence-corrected chi connectivity index (χ4v) is 1.17. The molecule has 0 unspecified atom stereocenters. The lowest BCUT2D eigenvalue weighted by atomic mass is 10.5. The Morgan fingerprint density at radius 2 is 2.14 bits per heavy atom. The largest absolute Gasteiger partial charge is 0.296 e. The maximum Gasteiger partial charge on any atom is 0.170 e. The van der Waals surface area contributed by atoms with Crippen LogP contribution in [0, 0.1) is 0 Å². The maximum absolute atomic E-state index is 10.4. The van der Waals surface area contributed by atoms with Gasteiger partial charge in [0.1, 0.15) is 1.93 Å². The highest BCUT2D eigenvalue weighted by molar-refractivity contribution is 14.2. The molecule has 0 rings (SSSR count). The molecule has 4 heteroatoms. The first-order valence-corrected chi connectivity index (χ1v) is 4.58. The molecule has 0 fully saturated rings. The molecular weight excluding hydrogens is 341 g/mol. The van der Waals surface area contributed by atoms with Gasteiger partial charge in [-0.3, -0.25) is 4.79 Å². The Kier molecular flexibility index (Phi) is 5.19. The second-order valence-electron chi connectivity index (χ2n) is 0.901. The number of rotatable bonds is 2. The minimum atomic E-state index is 0.0349. The van der Waals surface area contributed by atoms with Crippen LogP contribution in [0.4, 0.5) is 0 Å². The summed E-state index contributed by atoms with van der Waals surface area (Å²) >= 11 is 9.23. The van der Waals surface area contributed by atoms with Crippen molar-refractivity contribution in [1.82, 2.24) is 0 Å². The quantitative estimate of drug-likeness (QED) is 0.553. The second kappa shape index (κ2) is 4.31. The molecule has 0 saturated heterocycles. The Labute approximate surface area is 74.5 Å². The van der Waals surface area contributed by atoms with Crippen LogP contribution >= 0.6 is 56.8 Å². The zero-order valence-electron chi connectivity index (χ0n) is 3.33. The van der Waals surface area contributed by atoms with Gasteiger partial charge in [-0.25, -0.2) is 0 Å².